The SMILES string of the molecule is COc1cccc(CCC(=O)N2C3CCNCC2CC3)c1. The van der Waals surface area contributed by atoms with Gasteiger partial charge in [0.15, 0.2) is 0 Å². The molecule has 0 spiro atoms. The Morgan fingerprint density at radius 1 is 1.33 bits per heavy atom. The molecule has 2 aliphatic heterocycles. The van der Waals surface area contributed by atoms with Crippen LogP contribution in [-0.2, 0) is 11.2 Å². The number of hydrogen-bond acceptors (Lipinski definition) is 3. The maximum absolute atomic E-state index is 12.6. The monoisotopic (exact) mass is 288 g/mol. The summed E-state index contributed by atoms with van der Waals surface area (Å²) in [6, 6.07) is 8.88. The first-order valence-electron chi connectivity index (χ1n) is 7.93. The molecule has 21 heavy (non-hydrogen) atoms. The van der Waals surface area contributed by atoms with Gasteiger partial charge in [-0.05, 0) is 49.9 Å². The zero-order valence-electron chi connectivity index (χ0n) is 12.7. The zero-order valence-corrected chi connectivity index (χ0v) is 12.7. The number of nitrogens with one attached hydrogen (secondary N) is 1. The van der Waals surface area contributed by atoms with Crippen LogP contribution < -0.4 is 10.1 Å². The second-order valence-electron chi connectivity index (χ2n) is 6.03. The van der Waals surface area contributed by atoms with E-state index in [4.69, 9.17) is 4.74 Å². The molecule has 4 nitrogen and oxygen atoms in total. The Morgan fingerprint density at radius 3 is 3.05 bits per heavy atom. The minimum absolute atomic E-state index is 0.314. The van der Waals surface area contributed by atoms with Crippen LogP contribution in [0.1, 0.15) is 31.2 Å². The molecule has 0 aromatic heterocycles. The first-order chi connectivity index (χ1) is 10.3. The van der Waals surface area contributed by atoms with E-state index in [0.29, 0.717) is 24.4 Å². The Bertz CT molecular complexity index is 489. The van der Waals surface area contributed by atoms with Gasteiger partial charge in [0.05, 0.1) is 7.11 Å². The number of fused-ring (bicyclic) bond motifs is 2. The number of carbonyl (C=O) groups excluding carboxylic acids is 1. The number of carbonyl (C=O) groups is 1. The third-order valence-electron chi connectivity index (χ3n) is 4.70. The average molecular weight is 288 g/mol. The molecule has 2 unspecified atom stereocenters. The van der Waals surface area contributed by atoms with Crippen molar-refractivity contribution in [2.24, 2.45) is 0 Å². The van der Waals surface area contributed by atoms with Crippen LogP contribution in [0.3, 0.4) is 0 Å². The van der Waals surface area contributed by atoms with E-state index in [1.807, 2.05) is 18.2 Å². The fourth-order valence-electron chi connectivity index (χ4n) is 3.60. The van der Waals surface area contributed by atoms with Gasteiger partial charge in [0.1, 0.15) is 5.75 Å². The number of rotatable bonds is 4. The van der Waals surface area contributed by atoms with E-state index in [0.717, 1.165) is 38.1 Å². The number of amides is 1. The Hall–Kier alpha value is -1.55. The standard InChI is InChI=1S/C17H24N2O2/c1-21-16-4-2-3-13(11-16)5-8-17(20)19-14-6-7-15(19)12-18-10-9-14/h2-4,11,14-15,18H,5-10,12H2,1H3. The highest BCUT2D eigenvalue weighted by Crippen LogP contribution is 2.28. The summed E-state index contributed by atoms with van der Waals surface area (Å²) >= 11 is 0. The maximum atomic E-state index is 12.6. The van der Waals surface area contributed by atoms with E-state index in [9.17, 15) is 4.79 Å². The Balaban J connectivity index is 1.61. The van der Waals surface area contributed by atoms with E-state index in [2.05, 4.69) is 16.3 Å². The molecule has 0 radical (unpaired) electrons. The lowest BCUT2D eigenvalue weighted by molar-refractivity contribution is -0.133. The predicted molar refractivity (Wildman–Crippen MR) is 82.5 cm³/mol. The summed E-state index contributed by atoms with van der Waals surface area (Å²) in [6.45, 7) is 2.00. The first-order valence-corrected chi connectivity index (χ1v) is 7.93. The molecule has 1 aromatic rings. The van der Waals surface area contributed by atoms with Crippen molar-refractivity contribution in [3.63, 3.8) is 0 Å². The summed E-state index contributed by atoms with van der Waals surface area (Å²) in [5, 5.41) is 3.44. The van der Waals surface area contributed by atoms with Gasteiger partial charge < -0.3 is 15.0 Å². The molecule has 2 fully saturated rings. The summed E-state index contributed by atoms with van der Waals surface area (Å²) in [5.74, 6) is 1.17. The lowest BCUT2D eigenvalue weighted by atomic mass is 10.1. The molecule has 3 rings (SSSR count). The molecule has 1 amide bonds. The van der Waals surface area contributed by atoms with Crippen molar-refractivity contribution in [1.29, 1.82) is 0 Å². The third kappa shape index (κ3) is 3.21. The molecule has 0 aliphatic carbocycles. The number of hydrogen-bond donors (Lipinski definition) is 1. The molecule has 0 saturated carbocycles. The number of benzene rings is 1. The van der Waals surface area contributed by atoms with E-state index >= 15 is 0 Å². The topological polar surface area (TPSA) is 41.6 Å². The molecule has 2 aliphatic rings. The van der Waals surface area contributed by atoms with E-state index < -0.39 is 0 Å². The molecule has 1 N–H and O–H groups in total. The first kappa shape index (κ1) is 14.4. The lowest BCUT2D eigenvalue weighted by Gasteiger charge is -2.28. The molecule has 2 atom stereocenters. The summed E-state index contributed by atoms with van der Waals surface area (Å²) in [5.41, 5.74) is 1.17. The fourth-order valence-corrected chi connectivity index (χ4v) is 3.60. The molecule has 2 bridgehead atoms. The van der Waals surface area contributed by atoms with Gasteiger partial charge in [0.25, 0.3) is 0 Å². The van der Waals surface area contributed by atoms with Crippen LogP contribution in [0.2, 0.25) is 0 Å². The van der Waals surface area contributed by atoms with Crippen LogP contribution in [0.15, 0.2) is 24.3 Å². The zero-order chi connectivity index (χ0) is 14.7. The van der Waals surface area contributed by atoms with Crippen molar-refractivity contribution in [3.8, 4) is 5.75 Å². The fraction of sp³-hybridized carbons (Fsp3) is 0.588. The van der Waals surface area contributed by atoms with E-state index in [1.165, 1.54) is 12.0 Å². The molecule has 1 aromatic carbocycles. The van der Waals surface area contributed by atoms with Gasteiger partial charge in [-0.15, -0.1) is 0 Å². The Morgan fingerprint density at radius 2 is 2.19 bits per heavy atom. The summed E-state index contributed by atoms with van der Waals surface area (Å²) in [7, 11) is 1.67. The van der Waals surface area contributed by atoms with Crippen LogP contribution in [-0.4, -0.2) is 43.1 Å². The van der Waals surface area contributed by atoms with Crippen LogP contribution in [0.4, 0.5) is 0 Å². The minimum Gasteiger partial charge on any atom is -0.497 e. The highest BCUT2D eigenvalue weighted by molar-refractivity contribution is 5.77. The van der Waals surface area contributed by atoms with Gasteiger partial charge in [-0.2, -0.15) is 0 Å². The van der Waals surface area contributed by atoms with Crippen LogP contribution in [0, 0.1) is 0 Å². The summed E-state index contributed by atoms with van der Waals surface area (Å²) < 4.78 is 5.24. The van der Waals surface area contributed by atoms with Crippen molar-refractivity contribution in [1.82, 2.24) is 10.2 Å². The van der Waals surface area contributed by atoms with Crippen LogP contribution in [0.5, 0.6) is 5.75 Å². The number of aryl methyl sites for hydroxylation is 1. The van der Waals surface area contributed by atoms with Gasteiger partial charge in [0.2, 0.25) is 5.91 Å². The van der Waals surface area contributed by atoms with Crippen molar-refractivity contribution in [3.05, 3.63) is 29.8 Å². The molecule has 2 saturated heterocycles. The average Bonchev–Trinajstić information content (AvgIpc) is 2.78. The van der Waals surface area contributed by atoms with Crippen molar-refractivity contribution in [2.75, 3.05) is 20.2 Å². The quantitative estimate of drug-likeness (QED) is 0.921. The number of ether oxygens (including phenoxy) is 1. The predicted octanol–water partition coefficient (Wildman–Crippen LogP) is 1.98. The smallest absolute Gasteiger partial charge is 0.223 e. The van der Waals surface area contributed by atoms with Crippen molar-refractivity contribution in [2.45, 2.75) is 44.2 Å². The highest BCUT2D eigenvalue weighted by Gasteiger charge is 2.37. The highest BCUT2D eigenvalue weighted by atomic mass is 16.5. The minimum atomic E-state index is 0.314. The second-order valence-corrected chi connectivity index (χ2v) is 6.03. The van der Waals surface area contributed by atoms with Crippen LogP contribution in [0.25, 0.3) is 0 Å². The van der Waals surface area contributed by atoms with Gasteiger partial charge in [0, 0.05) is 25.0 Å². The van der Waals surface area contributed by atoms with Crippen LogP contribution >= 0.6 is 0 Å². The number of methoxy groups -OCH3 is 1. The van der Waals surface area contributed by atoms with Gasteiger partial charge in [-0.1, -0.05) is 12.1 Å². The molecule has 2 heterocycles. The maximum Gasteiger partial charge on any atom is 0.223 e. The van der Waals surface area contributed by atoms with Gasteiger partial charge in [-0.3, -0.25) is 4.79 Å². The Kier molecular flexibility index (Phi) is 4.44. The summed E-state index contributed by atoms with van der Waals surface area (Å²) in [6.07, 6.45) is 4.82. The normalized spacial score (nSPS) is 24.7. The molecule has 4 heteroatoms. The lowest BCUT2D eigenvalue weighted by Crippen LogP contribution is -2.42. The third-order valence-corrected chi connectivity index (χ3v) is 4.70. The largest absolute Gasteiger partial charge is 0.497 e. The van der Waals surface area contributed by atoms with E-state index in [-0.39, 0.29) is 0 Å². The van der Waals surface area contributed by atoms with Crippen molar-refractivity contribution >= 4 is 5.91 Å². The Labute approximate surface area is 126 Å². The van der Waals surface area contributed by atoms with E-state index in [1.54, 1.807) is 7.11 Å². The van der Waals surface area contributed by atoms with Gasteiger partial charge in [-0.25, -0.2) is 0 Å². The van der Waals surface area contributed by atoms with Gasteiger partial charge >= 0.3 is 0 Å². The van der Waals surface area contributed by atoms with Crippen molar-refractivity contribution < 1.29 is 9.53 Å². The summed E-state index contributed by atoms with van der Waals surface area (Å²) in [4.78, 5) is 14.8. The second kappa shape index (κ2) is 6.48. The molecular formula is C17H24N2O2. The number of nitrogens with zero attached hydrogens (tertiary/aromatic N) is 1. The molecular weight excluding hydrogens is 264 g/mol. The molecule has 114 valence electrons.